The molecule has 0 aliphatic heterocycles. The molecule has 1 fully saturated rings. The largest absolute Gasteiger partial charge is 0.327 e. The quantitative estimate of drug-likeness (QED) is 0.639. The molecular weight excluding hydrogens is 122 g/mol. The van der Waals surface area contributed by atoms with Gasteiger partial charge in [0.15, 0.2) is 0 Å². The summed E-state index contributed by atoms with van der Waals surface area (Å²) in [5.74, 6) is 2.31. The Morgan fingerprint density at radius 3 is 2.00 bits per heavy atom. The minimum absolute atomic E-state index is 0.472. The van der Waals surface area contributed by atoms with Crippen LogP contribution in [0.1, 0.15) is 33.6 Å². The van der Waals surface area contributed by atoms with Gasteiger partial charge < -0.3 is 5.73 Å². The Hall–Kier alpha value is -0.0400. The molecule has 0 amide bonds. The van der Waals surface area contributed by atoms with Gasteiger partial charge in [0, 0.05) is 6.04 Å². The van der Waals surface area contributed by atoms with Gasteiger partial charge in [-0.05, 0) is 30.6 Å². The smallest absolute Gasteiger partial charge is 0.00954 e. The molecule has 0 heterocycles. The van der Waals surface area contributed by atoms with Crippen molar-refractivity contribution in [2.45, 2.75) is 39.7 Å². The lowest BCUT2D eigenvalue weighted by Crippen LogP contribution is -2.33. The van der Waals surface area contributed by atoms with Crippen molar-refractivity contribution >= 4 is 0 Å². The minimum atomic E-state index is 0.472. The van der Waals surface area contributed by atoms with Crippen LogP contribution >= 0.6 is 0 Å². The van der Waals surface area contributed by atoms with Crippen LogP contribution in [-0.2, 0) is 0 Å². The van der Waals surface area contributed by atoms with Crippen LogP contribution in [0.25, 0.3) is 0 Å². The van der Waals surface area contributed by atoms with Crippen LogP contribution in [0.3, 0.4) is 0 Å². The highest BCUT2D eigenvalue weighted by Gasteiger charge is 2.32. The molecule has 1 aliphatic carbocycles. The van der Waals surface area contributed by atoms with E-state index in [4.69, 9.17) is 5.73 Å². The Balaban J connectivity index is 2.30. The lowest BCUT2D eigenvalue weighted by molar-refractivity contribution is 0.322. The summed E-state index contributed by atoms with van der Waals surface area (Å²) in [6.45, 7) is 6.79. The van der Waals surface area contributed by atoms with Crippen LogP contribution in [-0.4, -0.2) is 6.04 Å². The number of nitrogens with two attached hydrogens (primary N) is 1. The zero-order valence-corrected chi connectivity index (χ0v) is 7.30. The molecule has 2 unspecified atom stereocenters. The van der Waals surface area contributed by atoms with Crippen LogP contribution in [0.4, 0.5) is 0 Å². The predicted molar refractivity (Wildman–Crippen MR) is 44.7 cm³/mol. The molecule has 60 valence electrons. The molecule has 1 rings (SSSR count). The number of hydrogen-bond acceptors (Lipinski definition) is 1. The second-order valence-corrected chi connectivity index (χ2v) is 4.02. The lowest BCUT2D eigenvalue weighted by atomic mass is 9.88. The Kier molecular flexibility index (Phi) is 2.35. The molecule has 1 nitrogen and oxygen atoms in total. The zero-order chi connectivity index (χ0) is 7.72. The van der Waals surface area contributed by atoms with Crippen molar-refractivity contribution < 1.29 is 0 Å². The fraction of sp³-hybridized carbons (Fsp3) is 1.00. The van der Waals surface area contributed by atoms with E-state index in [0.717, 1.165) is 11.8 Å². The van der Waals surface area contributed by atoms with E-state index in [-0.39, 0.29) is 0 Å². The second kappa shape index (κ2) is 2.91. The van der Waals surface area contributed by atoms with Crippen LogP contribution in [0, 0.1) is 17.8 Å². The summed E-state index contributed by atoms with van der Waals surface area (Å²) in [5.41, 5.74) is 6.02. The van der Waals surface area contributed by atoms with Gasteiger partial charge in [-0.3, -0.25) is 0 Å². The molecule has 1 heteroatoms. The van der Waals surface area contributed by atoms with Gasteiger partial charge in [0.05, 0.1) is 0 Å². The molecular formula is C9H19N. The first-order chi connectivity index (χ1) is 4.63. The van der Waals surface area contributed by atoms with Gasteiger partial charge in [-0.1, -0.05) is 20.8 Å². The van der Waals surface area contributed by atoms with Gasteiger partial charge in [0.2, 0.25) is 0 Å². The van der Waals surface area contributed by atoms with E-state index in [2.05, 4.69) is 20.8 Å². The SMILES string of the molecule is CC(C)C(C)C(N)C1CC1. The summed E-state index contributed by atoms with van der Waals surface area (Å²) < 4.78 is 0. The molecule has 1 aliphatic rings. The van der Waals surface area contributed by atoms with Crippen LogP contribution in [0.2, 0.25) is 0 Å². The summed E-state index contributed by atoms with van der Waals surface area (Å²) >= 11 is 0. The summed E-state index contributed by atoms with van der Waals surface area (Å²) in [6.07, 6.45) is 2.75. The van der Waals surface area contributed by atoms with Crippen molar-refractivity contribution in [2.75, 3.05) is 0 Å². The zero-order valence-electron chi connectivity index (χ0n) is 7.30. The standard InChI is InChI=1S/C9H19N/c1-6(2)7(3)9(10)8-4-5-8/h6-9H,4-5,10H2,1-3H3. The van der Waals surface area contributed by atoms with Crippen LogP contribution < -0.4 is 5.73 Å². The lowest BCUT2D eigenvalue weighted by Gasteiger charge is -2.22. The Labute approximate surface area is 64.0 Å². The third kappa shape index (κ3) is 1.72. The van der Waals surface area contributed by atoms with Crippen LogP contribution in [0.5, 0.6) is 0 Å². The van der Waals surface area contributed by atoms with Gasteiger partial charge in [0.1, 0.15) is 0 Å². The molecule has 0 aromatic carbocycles. The third-order valence-electron chi connectivity index (χ3n) is 2.83. The Morgan fingerprint density at radius 2 is 1.70 bits per heavy atom. The van der Waals surface area contributed by atoms with Crippen molar-refractivity contribution in [1.29, 1.82) is 0 Å². The highest BCUT2D eigenvalue weighted by Crippen LogP contribution is 2.36. The Morgan fingerprint density at radius 1 is 1.20 bits per heavy atom. The third-order valence-corrected chi connectivity index (χ3v) is 2.83. The maximum Gasteiger partial charge on any atom is 0.00954 e. The van der Waals surface area contributed by atoms with E-state index in [1.165, 1.54) is 12.8 Å². The number of hydrogen-bond donors (Lipinski definition) is 1. The molecule has 10 heavy (non-hydrogen) atoms. The van der Waals surface area contributed by atoms with E-state index in [0.29, 0.717) is 12.0 Å². The van der Waals surface area contributed by atoms with Gasteiger partial charge in [-0.2, -0.15) is 0 Å². The first-order valence-electron chi connectivity index (χ1n) is 4.38. The molecule has 0 radical (unpaired) electrons. The van der Waals surface area contributed by atoms with Crippen LogP contribution in [0.15, 0.2) is 0 Å². The highest BCUT2D eigenvalue weighted by atomic mass is 14.7. The first kappa shape index (κ1) is 8.06. The van der Waals surface area contributed by atoms with Gasteiger partial charge in [0.25, 0.3) is 0 Å². The fourth-order valence-corrected chi connectivity index (χ4v) is 1.35. The monoisotopic (exact) mass is 141 g/mol. The molecule has 1 saturated carbocycles. The summed E-state index contributed by atoms with van der Waals surface area (Å²) in [7, 11) is 0. The van der Waals surface area contributed by atoms with Gasteiger partial charge >= 0.3 is 0 Å². The van der Waals surface area contributed by atoms with E-state index >= 15 is 0 Å². The fourth-order valence-electron chi connectivity index (χ4n) is 1.35. The predicted octanol–water partition coefficient (Wildman–Crippen LogP) is 2.02. The normalized spacial score (nSPS) is 24.9. The minimum Gasteiger partial charge on any atom is -0.327 e. The molecule has 0 saturated heterocycles. The summed E-state index contributed by atoms with van der Waals surface area (Å²) in [4.78, 5) is 0. The topological polar surface area (TPSA) is 26.0 Å². The van der Waals surface area contributed by atoms with Crippen molar-refractivity contribution in [3.8, 4) is 0 Å². The maximum atomic E-state index is 6.02. The van der Waals surface area contributed by atoms with Crippen molar-refractivity contribution in [3.63, 3.8) is 0 Å². The maximum absolute atomic E-state index is 6.02. The first-order valence-corrected chi connectivity index (χ1v) is 4.38. The summed E-state index contributed by atoms with van der Waals surface area (Å²) in [6, 6.07) is 0.472. The van der Waals surface area contributed by atoms with E-state index in [1.807, 2.05) is 0 Å². The van der Waals surface area contributed by atoms with Crippen molar-refractivity contribution in [2.24, 2.45) is 23.5 Å². The van der Waals surface area contributed by atoms with E-state index < -0.39 is 0 Å². The average Bonchev–Trinajstić information content (AvgIpc) is 2.65. The average molecular weight is 141 g/mol. The van der Waals surface area contributed by atoms with E-state index in [9.17, 15) is 0 Å². The molecule has 0 aromatic rings. The Bertz CT molecular complexity index is 99.3. The van der Waals surface area contributed by atoms with Crippen molar-refractivity contribution in [1.82, 2.24) is 0 Å². The highest BCUT2D eigenvalue weighted by molar-refractivity contribution is 4.87. The molecule has 2 atom stereocenters. The van der Waals surface area contributed by atoms with Gasteiger partial charge in [-0.25, -0.2) is 0 Å². The summed E-state index contributed by atoms with van der Waals surface area (Å²) in [5, 5.41) is 0. The van der Waals surface area contributed by atoms with Crippen molar-refractivity contribution in [3.05, 3.63) is 0 Å². The molecule has 0 spiro atoms. The number of rotatable bonds is 3. The second-order valence-electron chi connectivity index (χ2n) is 4.02. The molecule has 2 N–H and O–H groups in total. The van der Waals surface area contributed by atoms with E-state index in [1.54, 1.807) is 0 Å². The van der Waals surface area contributed by atoms with Gasteiger partial charge in [-0.15, -0.1) is 0 Å². The molecule has 0 aromatic heterocycles. The molecule has 0 bridgehead atoms.